The predicted molar refractivity (Wildman–Crippen MR) is 198 cm³/mol. The highest BCUT2D eigenvalue weighted by atomic mass is 32.1. The van der Waals surface area contributed by atoms with E-state index in [1.165, 1.54) is 22.7 Å². The molecule has 8 rings (SSSR count). The molecule has 48 heavy (non-hydrogen) atoms. The van der Waals surface area contributed by atoms with Crippen LogP contribution in [0.1, 0.15) is 20.7 Å². The summed E-state index contributed by atoms with van der Waals surface area (Å²) < 4.78 is 0. The molecule has 0 saturated carbocycles. The Balaban J connectivity index is 1.27. The minimum absolute atomic E-state index is 0.277. The van der Waals surface area contributed by atoms with E-state index < -0.39 is 0 Å². The fourth-order valence-electron chi connectivity index (χ4n) is 5.74. The molecular weight excluding hydrogens is 633 g/mol. The number of carbonyl (C=O) groups is 2. The zero-order chi connectivity index (χ0) is 32.5. The van der Waals surface area contributed by atoms with Crippen LogP contribution in [0.2, 0.25) is 0 Å². The van der Waals surface area contributed by atoms with Crippen molar-refractivity contribution in [2.45, 2.75) is 0 Å². The number of aromatic nitrogens is 2. The van der Waals surface area contributed by atoms with Gasteiger partial charge in [0.15, 0.2) is 0 Å². The first-order valence-corrected chi connectivity index (χ1v) is 16.9. The van der Waals surface area contributed by atoms with E-state index in [1.807, 2.05) is 133 Å². The van der Waals surface area contributed by atoms with Crippen molar-refractivity contribution in [3.63, 3.8) is 0 Å². The van der Waals surface area contributed by atoms with Gasteiger partial charge in [-0.15, -0.1) is 22.7 Å². The zero-order valence-corrected chi connectivity index (χ0v) is 27.0. The Labute approximate surface area is 284 Å². The van der Waals surface area contributed by atoms with E-state index in [1.54, 1.807) is 12.4 Å². The Hall–Kier alpha value is -5.96. The fraction of sp³-hybridized carbons (Fsp3) is 0. The summed E-state index contributed by atoms with van der Waals surface area (Å²) in [5, 5.41) is 8.11. The van der Waals surface area contributed by atoms with Gasteiger partial charge in [-0.3, -0.25) is 19.6 Å². The molecule has 0 atom stereocenters. The third kappa shape index (κ3) is 5.64. The first-order chi connectivity index (χ1) is 23.6. The van der Waals surface area contributed by atoms with Crippen LogP contribution in [0, 0.1) is 0 Å². The first-order valence-electron chi connectivity index (χ1n) is 15.3. The molecule has 8 aromatic rings. The highest BCUT2D eigenvalue weighted by Crippen LogP contribution is 2.46. The molecule has 2 amide bonds. The summed E-state index contributed by atoms with van der Waals surface area (Å²) >= 11 is 3.00. The van der Waals surface area contributed by atoms with Gasteiger partial charge in [-0.2, -0.15) is 0 Å². The molecule has 0 radical (unpaired) electrons. The average Bonchev–Trinajstić information content (AvgIpc) is 3.79. The third-order valence-electron chi connectivity index (χ3n) is 8.04. The van der Waals surface area contributed by atoms with Gasteiger partial charge in [0.25, 0.3) is 11.8 Å². The number of rotatable bonds is 7. The van der Waals surface area contributed by atoms with Crippen molar-refractivity contribution >= 4 is 67.7 Å². The predicted octanol–water partition coefficient (Wildman–Crippen LogP) is 10.4. The Bertz CT molecular complexity index is 2270. The highest BCUT2D eigenvalue weighted by molar-refractivity contribution is 7.26. The van der Waals surface area contributed by atoms with Crippen molar-refractivity contribution in [3.05, 3.63) is 157 Å². The van der Waals surface area contributed by atoms with Crippen LogP contribution in [0.5, 0.6) is 0 Å². The molecule has 0 aliphatic rings. The van der Waals surface area contributed by atoms with Gasteiger partial charge in [0, 0.05) is 32.9 Å². The molecule has 2 N–H and O–H groups in total. The molecule has 0 bridgehead atoms. The number of pyridine rings is 2. The van der Waals surface area contributed by atoms with E-state index in [4.69, 9.17) is 0 Å². The Morgan fingerprint density at radius 3 is 1.33 bits per heavy atom. The minimum atomic E-state index is -0.277. The Morgan fingerprint density at radius 1 is 0.479 bits per heavy atom. The third-order valence-corrected chi connectivity index (χ3v) is 10.6. The monoisotopic (exact) mass is 658 g/mol. The standard InChI is InChI=1S/C40H26N4O2S2/c45-39(43-31-19-7-15-27-17-9-21-41-35(27)31)29-23-33(25-11-3-1-4-12-25)47-37(29)38-30(24-34(48-38)26-13-5-2-6-14-26)40(46)44-32-20-8-16-28-18-10-22-42-36(28)32/h1-24H,(H,43,45)(H,44,46). The van der Waals surface area contributed by atoms with Crippen molar-refractivity contribution in [2.75, 3.05) is 10.6 Å². The van der Waals surface area contributed by atoms with Crippen LogP contribution < -0.4 is 10.6 Å². The summed E-state index contributed by atoms with van der Waals surface area (Å²) in [7, 11) is 0. The van der Waals surface area contributed by atoms with Gasteiger partial charge in [-0.05, 0) is 47.5 Å². The number of benzene rings is 4. The maximum atomic E-state index is 14.3. The van der Waals surface area contributed by atoms with E-state index in [0.29, 0.717) is 43.3 Å². The van der Waals surface area contributed by atoms with Gasteiger partial charge in [0.05, 0.1) is 43.3 Å². The van der Waals surface area contributed by atoms with Crippen LogP contribution in [0.4, 0.5) is 11.4 Å². The fourth-order valence-corrected chi connectivity index (χ4v) is 8.22. The number of nitrogens with zero attached hydrogens (tertiary/aromatic N) is 2. The number of hydrogen-bond acceptors (Lipinski definition) is 6. The van der Waals surface area contributed by atoms with Gasteiger partial charge < -0.3 is 10.6 Å². The molecule has 0 aliphatic heterocycles. The Morgan fingerprint density at radius 2 is 0.896 bits per heavy atom. The minimum Gasteiger partial charge on any atom is -0.320 e. The van der Waals surface area contributed by atoms with Crippen molar-refractivity contribution in [1.82, 2.24) is 9.97 Å². The molecule has 4 aromatic carbocycles. The lowest BCUT2D eigenvalue weighted by Gasteiger charge is -2.10. The molecule has 0 unspecified atom stereocenters. The summed E-state index contributed by atoms with van der Waals surface area (Å²) in [5.74, 6) is -0.554. The lowest BCUT2D eigenvalue weighted by Crippen LogP contribution is -2.14. The molecule has 230 valence electrons. The van der Waals surface area contributed by atoms with Crippen LogP contribution in [-0.2, 0) is 0 Å². The molecular formula is C40H26N4O2S2. The van der Waals surface area contributed by atoms with Crippen LogP contribution in [-0.4, -0.2) is 21.8 Å². The second kappa shape index (κ2) is 12.7. The van der Waals surface area contributed by atoms with Gasteiger partial charge in [-0.1, -0.05) is 97.1 Å². The van der Waals surface area contributed by atoms with E-state index in [0.717, 1.165) is 31.7 Å². The van der Waals surface area contributed by atoms with Crippen LogP contribution >= 0.6 is 22.7 Å². The lowest BCUT2D eigenvalue weighted by atomic mass is 10.1. The number of anilines is 2. The molecule has 6 nitrogen and oxygen atoms in total. The number of carbonyl (C=O) groups excluding carboxylic acids is 2. The maximum absolute atomic E-state index is 14.3. The number of para-hydroxylation sites is 2. The second-order valence-corrected chi connectivity index (χ2v) is 13.2. The largest absolute Gasteiger partial charge is 0.320 e. The van der Waals surface area contributed by atoms with E-state index in [9.17, 15) is 9.59 Å². The zero-order valence-electron chi connectivity index (χ0n) is 25.4. The molecule has 4 heterocycles. The smallest absolute Gasteiger partial charge is 0.257 e. The number of amides is 2. The highest BCUT2D eigenvalue weighted by Gasteiger charge is 2.26. The van der Waals surface area contributed by atoms with Crippen molar-refractivity contribution in [1.29, 1.82) is 0 Å². The summed E-state index contributed by atoms with van der Waals surface area (Å²) in [6, 6.07) is 42.9. The van der Waals surface area contributed by atoms with Gasteiger partial charge >= 0.3 is 0 Å². The lowest BCUT2D eigenvalue weighted by molar-refractivity contribution is 0.101. The second-order valence-electron chi connectivity index (χ2n) is 11.1. The Kier molecular flexibility index (Phi) is 7.78. The molecule has 0 spiro atoms. The van der Waals surface area contributed by atoms with Gasteiger partial charge in [0.2, 0.25) is 0 Å². The normalized spacial score (nSPS) is 11.1. The first kappa shape index (κ1) is 29.4. The van der Waals surface area contributed by atoms with E-state index in [2.05, 4.69) is 20.6 Å². The number of nitrogens with one attached hydrogen (secondary N) is 2. The summed E-state index contributed by atoms with van der Waals surface area (Å²) in [4.78, 5) is 40.8. The van der Waals surface area contributed by atoms with Gasteiger partial charge in [-0.25, -0.2) is 0 Å². The van der Waals surface area contributed by atoms with Gasteiger partial charge in [0.1, 0.15) is 0 Å². The summed E-state index contributed by atoms with van der Waals surface area (Å²) in [5.41, 5.74) is 5.59. The average molecular weight is 659 g/mol. The molecule has 4 aromatic heterocycles. The topological polar surface area (TPSA) is 84.0 Å². The van der Waals surface area contributed by atoms with E-state index >= 15 is 0 Å². The molecule has 8 heteroatoms. The van der Waals surface area contributed by atoms with Crippen LogP contribution in [0.25, 0.3) is 52.4 Å². The summed E-state index contributed by atoms with van der Waals surface area (Å²) in [6.45, 7) is 0. The van der Waals surface area contributed by atoms with Crippen LogP contribution in [0.3, 0.4) is 0 Å². The molecule has 0 fully saturated rings. The number of thiophene rings is 2. The summed E-state index contributed by atoms with van der Waals surface area (Å²) in [6.07, 6.45) is 3.43. The van der Waals surface area contributed by atoms with E-state index in [-0.39, 0.29) is 11.8 Å². The van der Waals surface area contributed by atoms with Crippen molar-refractivity contribution in [2.24, 2.45) is 0 Å². The molecule has 0 aliphatic carbocycles. The van der Waals surface area contributed by atoms with Crippen molar-refractivity contribution < 1.29 is 9.59 Å². The molecule has 0 saturated heterocycles. The SMILES string of the molecule is O=C(Nc1cccc2cccnc12)c1cc(-c2ccccc2)sc1-c1sc(-c2ccccc2)cc1C(=O)Nc1cccc2cccnc12. The number of fused-ring (bicyclic) bond motifs is 2. The van der Waals surface area contributed by atoms with Crippen LogP contribution in [0.15, 0.2) is 146 Å². The number of hydrogen-bond donors (Lipinski definition) is 2. The maximum Gasteiger partial charge on any atom is 0.257 e. The van der Waals surface area contributed by atoms with Crippen molar-refractivity contribution in [3.8, 4) is 30.6 Å². The quantitative estimate of drug-likeness (QED) is 0.178.